The van der Waals surface area contributed by atoms with Crippen molar-refractivity contribution >= 4 is 0 Å². The fourth-order valence-electron chi connectivity index (χ4n) is 2.33. The molecule has 0 heterocycles. The van der Waals surface area contributed by atoms with Crippen molar-refractivity contribution in [2.45, 2.75) is 38.0 Å². The normalized spacial score (nSPS) is 16.1. The molecular weight excluding hydrogens is 222 g/mol. The van der Waals surface area contributed by atoms with Gasteiger partial charge in [-0.05, 0) is 57.6 Å². The number of hydrogen-bond acceptors (Lipinski definition) is 2. The Balaban J connectivity index is 0.000000357. The van der Waals surface area contributed by atoms with Gasteiger partial charge in [0.1, 0.15) is 5.75 Å². The van der Waals surface area contributed by atoms with Crippen molar-refractivity contribution in [3.05, 3.63) is 29.8 Å². The first-order valence-corrected chi connectivity index (χ1v) is 6.88. The monoisotopic (exact) mass is 249 g/mol. The highest BCUT2D eigenvalue weighted by Gasteiger charge is 2.15. The lowest BCUT2D eigenvalue weighted by atomic mass is 9.84. The predicted octanol–water partition coefficient (Wildman–Crippen LogP) is 3.92. The molecule has 1 aromatic rings. The minimum atomic E-state index is 0.777. The molecule has 0 radical (unpaired) electrons. The zero-order valence-corrected chi connectivity index (χ0v) is 12.3. The fraction of sp³-hybridized carbons (Fsp3) is 0.625. The second-order valence-corrected chi connectivity index (χ2v) is 5.45. The third kappa shape index (κ3) is 5.54. The maximum Gasteiger partial charge on any atom is 0.119 e. The molecule has 1 aliphatic carbocycles. The smallest absolute Gasteiger partial charge is 0.119 e. The third-order valence-electron chi connectivity index (χ3n) is 3.17. The van der Waals surface area contributed by atoms with Crippen LogP contribution in [0.1, 0.15) is 43.6 Å². The van der Waals surface area contributed by atoms with Gasteiger partial charge in [0.15, 0.2) is 0 Å². The van der Waals surface area contributed by atoms with E-state index in [1.807, 2.05) is 32.1 Å². The molecule has 1 aliphatic rings. The Bertz CT molecular complexity index is 327. The summed E-state index contributed by atoms with van der Waals surface area (Å²) in [6, 6.07) is 8.55. The molecule has 2 rings (SSSR count). The van der Waals surface area contributed by atoms with E-state index >= 15 is 0 Å². The molecule has 0 atom stereocenters. The molecule has 0 aliphatic heterocycles. The zero-order chi connectivity index (χ0) is 13.4. The van der Waals surface area contributed by atoms with Gasteiger partial charge in [0, 0.05) is 0 Å². The van der Waals surface area contributed by atoms with E-state index in [9.17, 15) is 0 Å². The second kappa shape index (κ2) is 8.15. The van der Waals surface area contributed by atoms with Gasteiger partial charge in [-0.3, -0.25) is 0 Å². The summed E-state index contributed by atoms with van der Waals surface area (Å²) in [5.74, 6) is 1.77. The van der Waals surface area contributed by atoms with Crippen LogP contribution >= 0.6 is 0 Å². The Labute approximate surface area is 112 Å². The molecule has 0 unspecified atom stereocenters. The summed E-state index contributed by atoms with van der Waals surface area (Å²) in [6.07, 6.45) is 6.91. The molecule has 0 bridgehead atoms. The number of benzene rings is 1. The van der Waals surface area contributed by atoms with Gasteiger partial charge >= 0.3 is 0 Å². The maximum atomic E-state index is 5.25. The molecular formula is C16H27NO. The van der Waals surface area contributed by atoms with Crippen LogP contribution in [0.2, 0.25) is 0 Å². The Kier molecular flexibility index (Phi) is 6.81. The van der Waals surface area contributed by atoms with E-state index in [1.165, 1.54) is 37.7 Å². The molecule has 1 aromatic carbocycles. The molecule has 102 valence electrons. The average molecular weight is 249 g/mol. The first-order chi connectivity index (χ1) is 8.63. The van der Waals surface area contributed by atoms with Gasteiger partial charge in [-0.15, -0.1) is 0 Å². The molecule has 0 spiro atoms. The van der Waals surface area contributed by atoms with E-state index in [1.54, 1.807) is 7.11 Å². The van der Waals surface area contributed by atoms with Gasteiger partial charge in [0.2, 0.25) is 0 Å². The molecule has 0 N–H and O–H groups in total. The maximum absolute atomic E-state index is 5.25. The van der Waals surface area contributed by atoms with E-state index in [-0.39, 0.29) is 0 Å². The lowest BCUT2D eigenvalue weighted by Gasteiger charge is -2.22. The molecule has 1 fully saturated rings. The summed E-state index contributed by atoms with van der Waals surface area (Å²) in [5, 5.41) is 0. The van der Waals surface area contributed by atoms with Gasteiger partial charge in [0.25, 0.3) is 0 Å². The van der Waals surface area contributed by atoms with E-state index in [0.717, 1.165) is 11.7 Å². The molecule has 2 heteroatoms. The van der Waals surface area contributed by atoms with Gasteiger partial charge in [-0.1, -0.05) is 31.4 Å². The molecule has 0 amide bonds. The molecule has 0 saturated heterocycles. The summed E-state index contributed by atoms with van der Waals surface area (Å²) in [4.78, 5) is 2.00. The van der Waals surface area contributed by atoms with Crippen molar-refractivity contribution in [2.24, 2.45) is 0 Å². The van der Waals surface area contributed by atoms with Gasteiger partial charge in [-0.2, -0.15) is 0 Å². The predicted molar refractivity (Wildman–Crippen MR) is 78.4 cm³/mol. The van der Waals surface area contributed by atoms with Crippen molar-refractivity contribution in [3.63, 3.8) is 0 Å². The van der Waals surface area contributed by atoms with Gasteiger partial charge in [-0.25, -0.2) is 0 Å². The van der Waals surface area contributed by atoms with Gasteiger partial charge < -0.3 is 9.64 Å². The average Bonchev–Trinajstić information content (AvgIpc) is 2.39. The summed E-state index contributed by atoms with van der Waals surface area (Å²) in [7, 11) is 7.74. The minimum Gasteiger partial charge on any atom is -0.497 e. The van der Waals surface area contributed by atoms with Crippen molar-refractivity contribution in [3.8, 4) is 5.75 Å². The van der Waals surface area contributed by atoms with Gasteiger partial charge in [0.05, 0.1) is 7.11 Å². The molecule has 2 nitrogen and oxygen atoms in total. The van der Waals surface area contributed by atoms with Crippen molar-refractivity contribution in [2.75, 3.05) is 28.3 Å². The van der Waals surface area contributed by atoms with E-state index in [4.69, 9.17) is 4.74 Å². The van der Waals surface area contributed by atoms with Crippen molar-refractivity contribution < 1.29 is 4.74 Å². The van der Waals surface area contributed by atoms with Crippen LogP contribution in [0.25, 0.3) is 0 Å². The van der Waals surface area contributed by atoms with Crippen LogP contribution in [0.4, 0.5) is 0 Å². The number of nitrogens with zero attached hydrogens (tertiary/aromatic N) is 1. The Morgan fingerprint density at radius 3 is 2.22 bits per heavy atom. The lowest BCUT2D eigenvalue weighted by Crippen LogP contribution is -2.04. The number of ether oxygens (including phenoxy) is 1. The Morgan fingerprint density at radius 1 is 1.06 bits per heavy atom. The third-order valence-corrected chi connectivity index (χ3v) is 3.17. The number of rotatable bonds is 2. The fourth-order valence-corrected chi connectivity index (χ4v) is 2.33. The summed E-state index contributed by atoms with van der Waals surface area (Å²) >= 11 is 0. The highest BCUT2D eigenvalue weighted by Crippen LogP contribution is 2.33. The van der Waals surface area contributed by atoms with Crippen LogP contribution in [0, 0.1) is 0 Å². The molecule has 1 saturated carbocycles. The first kappa shape index (κ1) is 15.0. The summed E-state index contributed by atoms with van der Waals surface area (Å²) in [6.45, 7) is 0. The highest BCUT2D eigenvalue weighted by molar-refractivity contribution is 5.30. The topological polar surface area (TPSA) is 12.5 Å². The van der Waals surface area contributed by atoms with Crippen LogP contribution < -0.4 is 4.74 Å². The zero-order valence-electron chi connectivity index (χ0n) is 12.3. The quantitative estimate of drug-likeness (QED) is 0.787. The Morgan fingerprint density at radius 2 is 1.67 bits per heavy atom. The lowest BCUT2D eigenvalue weighted by molar-refractivity contribution is 0.409. The first-order valence-electron chi connectivity index (χ1n) is 6.88. The minimum absolute atomic E-state index is 0.777. The van der Waals surface area contributed by atoms with Crippen LogP contribution in [-0.2, 0) is 0 Å². The van der Waals surface area contributed by atoms with E-state index in [0.29, 0.717) is 0 Å². The number of methoxy groups -OCH3 is 1. The SMILES string of the molecule is CN(C)C.COc1cccc(C2CCCCC2)c1. The number of hydrogen-bond donors (Lipinski definition) is 0. The van der Waals surface area contributed by atoms with Crippen LogP contribution in [-0.4, -0.2) is 33.2 Å². The standard InChI is InChI=1S/C13H18O.C3H9N/c1-14-13-9-5-8-12(10-13)11-6-3-2-4-7-11;1-4(2)3/h5,8-11H,2-4,6-7H2,1H3;1-3H3. The Hall–Kier alpha value is -1.02. The van der Waals surface area contributed by atoms with Crippen LogP contribution in [0.5, 0.6) is 5.75 Å². The highest BCUT2D eigenvalue weighted by atomic mass is 16.5. The second-order valence-electron chi connectivity index (χ2n) is 5.45. The summed E-state index contributed by atoms with van der Waals surface area (Å²) < 4.78 is 5.25. The largest absolute Gasteiger partial charge is 0.497 e. The van der Waals surface area contributed by atoms with E-state index in [2.05, 4.69) is 18.2 Å². The van der Waals surface area contributed by atoms with Crippen LogP contribution in [0.15, 0.2) is 24.3 Å². The molecule has 18 heavy (non-hydrogen) atoms. The molecule has 0 aromatic heterocycles. The van der Waals surface area contributed by atoms with Crippen molar-refractivity contribution in [1.29, 1.82) is 0 Å². The van der Waals surface area contributed by atoms with Crippen LogP contribution in [0.3, 0.4) is 0 Å². The summed E-state index contributed by atoms with van der Waals surface area (Å²) in [5.41, 5.74) is 1.46. The van der Waals surface area contributed by atoms with E-state index < -0.39 is 0 Å². The van der Waals surface area contributed by atoms with Crippen molar-refractivity contribution in [1.82, 2.24) is 4.90 Å².